The van der Waals surface area contributed by atoms with Crippen molar-refractivity contribution in [2.24, 2.45) is 11.1 Å². The summed E-state index contributed by atoms with van der Waals surface area (Å²) in [6.07, 6.45) is 9.70. The molecule has 0 radical (unpaired) electrons. The van der Waals surface area contributed by atoms with Gasteiger partial charge in [-0.25, -0.2) is 0 Å². The lowest BCUT2D eigenvalue weighted by molar-refractivity contribution is 0.275. The molecule has 2 N–H and O–H groups in total. The van der Waals surface area contributed by atoms with Crippen molar-refractivity contribution in [2.45, 2.75) is 58.8 Å². The van der Waals surface area contributed by atoms with Gasteiger partial charge in [0.05, 0.1) is 0 Å². The molecule has 2 nitrogen and oxygen atoms in total. The smallest absolute Gasteiger partial charge is 0.00479 e. The van der Waals surface area contributed by atoms with Crippen LogP contribution in [0, 0.1) is 5.41 Å². The third kappa shape index (κ3) is 4.84. The Bertz CT molecular complexity index is 182. The first-order valence-corrected chi connectivity index (χ1v) is 7.12. The Balaban J connectivity index is 1.98. The molecule has 0 saturated carbocycles. The standard InChI is InChI=1S/C14H30N2/c1-3-4-5-6-7-8-10-16-11-9-14(2,12-15)13-16/h3-13,15H2,1-2H3. The van der Waals surface area contributed by atoms with E-state index in [1.165, 1.54) is 64.6 Å². The number of unbranched alkanes of at least 4 members (excludes halogenated alkanes) is 5. The normalized spacial score (nSPS) is 26.4. The molecule has 1 atom stereocenters. The zero-order valence-electron chi connectivity index (χ0n) is 11.3. The molecule has 96 valence electrons. The predicted molar refractivity (Wildman–Crippen MR) is 71.6 cm³/mol. The molecule has 2 heteroatoms. The summed E-state index contributed by atoms with van der Waals surface area (Å²) in [7, 11) is 0. The summed E-state index contributed by atoms with van der Waals surface area (Å²) in [5, 5.41) is 0. The van der Waals surface area contributed by atoms with E-state index in [0.717, 1.165) is 6.54 Å². The van der Waals surface area contributed by atoms with Crippen LogP contribution in [-0.2, 0) is 0 Å². The van der Waals surface area contributed by atoms with Crippen LogP contribution in [-0.4, -0.2) is 31.1 Å². The van der Waals surface area contributed by atoms with E-state index in [-0.39, 0.29) is 0 Å². The third-order valence-corrected chi connectivity index (χ3v) is 3.96. The Morgan fingerprint density at radius 1 is 1.12 bits per heavy atom. The highest BCUT2D eigenvalue weighted by molar-refractivity contribution is 4.86. The van der Waals surface area contributed by atoms with Crippen LogP contribution in [0.5, 0.6) is 0 Å². The summed E-state index contributed by atoms with van der Waals surface area (Å²) in [4.78, 5) is 2.60. The van der Waals surface area contributed by atoms with Gasteiger partial charge in [-0.05, 0) is 37.9 Å². The molecule has 0 aromatic carbocycles. The summed E-state index contributed by atoms with van der Waals surface area (Å²) in [5.41, 5.74) is 6.22. The van der Waals surface area contributed by atoms with Crippen LogP contribution in [0.1, 0.15) is 58.8 Å². The monoisotopic (exact) mass is 226 g/mol. The van der Waals surface area contributed by atoms with Crippen molar-refractivity contribution in [1.29, 1.82) is 0 Å². The highest BCUT2D eigenvalue weighted by Gasteiger charge is 2.31. The average Bonchev–Trinajstić information content (AvgIpc) is 2.66. The number of hydrogen-bond acceptors (Lipinski definition) is 2. The van der Waals surface area contributed by atoms with Crippen LogP contribution < -0.4 is 5.73 Å². The Morgan fingerprint density at radius 2 is 1.81 bits per heavy atom. The number of rotatable bonds is 8. The fourth-order valence-electron chi connectivity index (χ4n) is 2.60. The minimum absolute atomic E-state index is 0.405. The molecule has 1 aliphatic heterocycles. The van der Waals surface area contributed by atoms with Crippen LogP contribution in [0.25, 0.3) is 0 Å². The van der Waals surface area contributed by atoms with Gasteiger partial charge in [-0.2, -0.15) is 0 Å². The quantitative estimate of drug-likeness (QED) is 0.645. The van der Waals surface area contributed by atoms with Crippen molar-refractivity contribution in [3.63, 3.8) is 0 Å². The molecule has 16 heavy (non-hydrogen) atoms. The van der Waals surface area contributed by atoms with Crippen LogP contribution >= 0.6 is 0 Å². The van der Waals surface area contributed by atoms with Crippen molar-refractivity contribution in [2.75, 3.05) is 26.2 Å². The van der Waals surface area contributed by atoms with Crippen LogP contribution in [0.3, 0.4) is 0 Å². The lowest BCUT2D eigenvalue weighted by Gasteiger charge is -2.22. The maximum atomic E-state index is 5.81. The van der Waals surface area contributed by atoms with Crippen LogP contribution in [0.4, 0.5) is 0 Å². The fraction of sp³-hybridized carbons (Fsp3) is 1.00. The summed E-state index contributed by atoms with van der Waals surface area (Å²) >= 11 is 0. The molecule has 1 unspecified atom stereocenters. The molecule has 1 rings (SSSR count). The summed E-state index contributed by atoms with van der Waals surface area (Å²) in [5.74, 6) is 0. The van der Waals surface area contributed by atoms with Crippen molar-refractivity contribution in [3.05, 3.63) is 0 Å². The topological polar surface area (TPSA) is 29.3 Å². The van der Waals surface area contributed by atoms with Crippen molar-refractivity contribution in [1.82, 2.24) is 4.90 Å². The first kappa shape index (κ1) is 14.0. The lowest BCUT2D eigenvalue weighted by atomic mass is 9.90. The van der Waals surface area contributed by atoms with Crippen LogP contribution in [0.2, 0.25) is 0 Å². The van der Waals surface area contributed by atoms with E-state index in [2.05, 4.69) is 18.7 Å². The SMILES string of the molecule is CCCCCCCCN1CCC(C)(CN)C1. The average molecular weight is 226 g/mol. The Morgan fingerprint density at radius 3 is 2.44 bits per heavy atom. The number of likely N-dealkylation sites (tertiary alicyclic amines) is 1. The molecular formula is C14H30N2. The van der Waals surface area contributed by atoms with Gasteiger partial charge in [0, 0.05) is 6.54 Å². The van der Waals surface area contributed by atoms with Gasteiger partial charge < -0.3 is 10.6 Å². The first-order valence-electron chi connectivity index (χ1n) is 7.12. The van der Waals surface area contributed by atoms with Gasteiger partial charge in [-0.1, -0.05) is 46.0 Å². The van der Waals surface area contributed by atoms with Crippen LogP contribution in [0.15, 0.2) is 0 Å². The van der Waals surface area contributed by atoms with E-state index in [1.54, 1.807) is 0 Å². The largest absolute Gasteiger partial charge is 0.330 e. The molecule has 0 aromatic heterocycles. The minimum atomic E-state index is 0.405. The molecule has 0 aliphatic carbocycles. The van der Waals surface area contributed by atoms with Gasteiger partial charge in [0.25, 0.3) is 0 Å². The van der Waals surface area contributed by atoms with Crippen molar-refractivity contribution < 1.29 is 0 Å². The maximum Gasteiger partial charge on any atom is 0.00479 e. The minimum Gasteiger partial charge on any atom is -0.330 e. The third-order valence-electron chi connectivity index (χ3n) is 3.96. The number of hydrogen-bond donors (Lipinski definition) is 1. The van der Waals surface area contributed by atoms with Gasteiger partial charge >= 0.3 is 0 Å². The maximum absolute atomic E-state index is 5.81. The number of nitrogens with zero attached hydrogens (tertiary/aromatic N) is 1. The summed E-state index contributed by atoms with van der Waals surface area (Å²) in [6, 6.07) is 0. The van der Waals surface area contributed by atoms with Gasteiger partial charge in [0.15, 0.2) is 0 Å². The highest BCUT2D eigenvalue weighted by atomic mass is 15.2. The fourth-order valence-corrected chi connectivity index (χ4v) is 2.60. The van der Waals surface area contributed by atoms with Crippen molar-refractivity contribution >= 4 is 0 Å². The van der Waals surface area contributed by atoms with Gasteiger partial charge in [0.2, 0.25) is 0 Å². The van der Waals surface area contributed by atoms with Crippen molar-refractivity contribution in [3.8, 4) is 0 Å². The lowest BCUT2D eigenvalue weighted by Crippen LogP contribution is -2.31. The van der Waals surface area contributed by atoms with Gasteiger partial charge in [0.1, 0.15) is 0 Å². The zero-order valence-corrected chi connectivity index (χ0v) is 11.3. The Hall–Kier alpha value is -0.0800. The van der Waals surface area contributed by atoms with E-state index in [4.69, 9.17) is 5.73 Å². The van der Waals surface area contributed by atoms with E-state index in [0.29, 0.717) is 5.41 Å². The molecule has 1 saturated heterocycles. The first-order chi connectivity index (χ1) is 7.70. The number of nitrogens with two attached hydrogens (primary N) is 1. The van der Waals surface area contributed by atoms with E-state index in [1.807, 2.05) is 0 Å². The van der Waals surface area contributed by atoms with Gasteiger partial charge in [-0.15, -0.1) is 0 Å². The molecule has 1 heterocycles. The molecular weight excluding hydrogens is 196 g/mol. The molecule has 1 aliphatic rings. The highest BCUT2D eigenvalue weighted by Crippen LogP contribution is 2.28. The Labute approximate surface area is 102 Å². The second-order valence-electron chi connectivity index (χ2n) is 5.81. The molecule has 0 spiro atoms. The summed E-state index contributed by atoms with van der Waals surface area (Å²) in [6.45, 7) is 9.23. The second kappa shape index (κ2) is 7.29. The molecule has 0 bridgehead atoms. The molecule has 0 amide bonds. The van der Waals surface area contributed by atoms with E-state index in [9.17, 15) is 0 Å². The molecule has 0 aromatic rings. The molecule has 1 fully saturated rings. The van der Waals surface area contributed by atoms with E-state index < -0.39 is 0 Å². The predicted octanol–water partition coefficient (Wildman–Crippen LogP) is 3.02. The second-order valence-corrected chi connectivity index (χ2v) is 5.81. The zero-order chi connectivity index (χ0) is 11.9. The summed E-state index contributed by atoms with van der Waals surface area (Å²) < 4.78 is 0. The van der Waals surface area contributed by atoms with E-state index >= 15 is 0 Å². The van der Waals surface area contributed by atoms with Gasteiger partial charge in [-0.3, -0.25) is 0 Å². The Kier molecular flexibility index (Phi) is 6.37.